The average Bonchev–Trinajstić information content (AvgIpc) is 3.94. The van der Waals surface area contributed by atoms with Gasteiger partial charge in [0.05, 0.1) is 23.5 Å². The van der Waals surface area contributed by atoms with Crippen molar-refractivity contribution in [3.05, 3.63) is 94.6 Å². The van der Waals surface area contributed by atoms with Gasteiger partial charge in [0, 0.05) is 81.4 Å². The number of nitrogens with two attached hydrogens (primary N) is 1. The first-order chi connectivity index (χ1) is 34.7. The van der Waals surface area contributed by atoms with Crippen molar-refractivity contribution in [2.45, 2.75) is 111 Å². The van der Waals surface area contributed by atoms with Crippen LogP contribution < -0.4 is 30.2 Å². The maximum Gasteiger partial charge on any atom is 0.303 e. The second-order valence-corrected chi connectivity index (χ2v) is 19.8. The number of nitrogens with one attached hydrogen (secondary N) is 1. The lowest BCUT2D eigenvalue weighted by atomic mass is 9.93. The second kappa shape index (κ2) is 23.6. The van der Waals surface area contributed by atoms with E-state index in [9.17, 15) is 28.8 Å². The molecule has 7 rings (SSSR count). The molecule has 73 heavy (non-hydrogen) atoms. The molecule has 2 amide bonds. The number of carbonyl (C=O) groups is 6. The number of benzene rings is 4. The van der Waals surface area contributed by atoms with Crippen LogP contribution >= 0.6 is 11.6 Å². The minimum Gasteiger partial charge on any atom is -0.492 e. The van der Waals surface area contributed by atoms with Gasteiger partial charge in [0.25, 0.3) is 5.91 Å². The van der Waals surface area contributed by atoms with E-state index < -0.39 is 66.5 Å². The van der Waals surface area contributed by atoms with Crippen LogP contribution in [0.5, 0.6) is 17.2 Å². The average molecular weight is 1030 g/mol. The fraction of sp³-hybridized carbons (Fsp3) is 0.455. The number of likely N-dealkylation sites (N-methyl/N-ethyl adjacent to an activating group) is 1. The minimum atomic E-state index is -1.48. The third-order valence-electron chi connectivity index (χ3n) is 13.1. The summed E-state index contributed by atoms with van der Waals surface area (Å²) in [6.07, 6.45) is -4.15. The Bertz CT molecular complexity index is 2780. The quantitative estimate of drug-likeness (QED) is 0.0514. The van der Waals surface area contributed by atoms with E-state index in [0.717, 1.165) is 53.6 Å². The van der Waals surface area contributed by atoms with Gasteiger partial charge in [-0.3, -0.25) is 28.8 Å². The number of ether oxygens (including phenoxy) is 7. The molecule has 0 aromatic heterocycles. The Morgan fingerprint density at radius 2 is 1.53 bits per heavy atom. The first-order valence-electron chi connectivity index (χ1n) is 24.5. The molecule has 1 saturated heterocycles. The highest BCUT2D eigenvalue weighted by atomic mass is 35.5. The van der Waals surface area contributed by atoms with Gasteiger partial charge in [-0.1, -0.05) is 57.2 Å². The van der Waals surface area contributed by atoms with Crippen LogP contribution in [0.3, 0.4) is 0 Å². The van der Waals surface area contributed by atoms with Crippen molar-refractivity contribution in [3.63, 3.8) is 0 Å². The highest BCUT2D eigenvalue weighted by Gasteiger charge is 2.52. The molecule has 8 atom stereocenters. The second-order valence-electron chi connectivity index (χ2n) is 19.5. The molecular weight excluding hydrogens is 960 g/mol. The minimum absolute atomic E-state index is 0.0346. The fourth-order valence-electron chi connectivity index (χ4n) is 9.28. The summed E-state index contributed by atoms with van der Waals surface area (Å²) in [5.74, 6) is -2.66. The molecule has 0 saturated carbocycles. The van der Waals surface area contributed by atoms with Gasteiger partial charge in [-0.25, -0.2) is 0 Å². The highest BCUT2D eigenvalue weighted by molar-refractivity contribution is 6.19. The van der Waals surface area contributed by atoms with Crippen molar-refractivity contribution < 1.29 is 61.9 Å². The van der Waals surface area contributed by atoms with Gasteiger partial charge in [-0.2, -0.15) is 0 Å². The standard InChI is InChI=1S/C55H65ClN4O13/c1-29(2)49(57)45(64)20-30(3)53(65)58-43-17-14-35(21-47(43)73-55-52(72-34(7)63)51(71-33(6)62)50(31(4)69-55)70-32(5)61)28-68-46-25-44-48(42-13-11-10-12-41(42)46)39(26-56)27-60(44)54(66)38-22-36-15-16-40(24-37(36)23-38)67-19-18-59(8)9/h10-17,21,23-25,29-31,39,49-52,55H,18-20,22,26-28,57H2,1-9H3,(H,58,65)/t30-,31-,39-,49+,50-,51+,52-,55+/m1/s1. The normalized spacial score (nSPS) is 20.9. The Balaban J connectivity index is 1.20. The van der Waals surface area contributed by atoms with Crippen molar-refractivity contribution in [2.75, 3.05) is 49.9 Å². The van der Waals surface area contributed by atoms with Gasteiger partial charge in [0.2, 0.25) is 18.3 Å². The van der Waals surface area contributed by atoms with Crippen LogP contribution in [0.4, 0.5) is 11.4 Å². The van der Waals surface area contributed by atoms with Gasteiger partial charge in [0.15, 0.2) is 18.0 Å². The Labute approximate surface area is 430 Å². The lowest BCUT2D eigenvalue weighted by Crippen LogP contribution is -2.62. The number of alkyl halides is 1. The number of Topliss-reactive ketones (excluding diaryl/α,β-unsaturated/α-hetero) is 1. The summed E-state index contributed by atoms with van der Waals surface area (Å²) in [6.45, 7) is 12.0. The number of anilines is 2. The van der Waals surface area contributed by atoms with Gasteiger partial charge < -0.3 is 54.0 Å². The van der Waals surface area contributed by atoms with Crippen LogP contribution in [-0.2, 0) is 60.7 Å². The van der Waals surface area contributed by atoms with E-state index in [0.29, 0.717) is 42.1 Å². The molecule has 3 N–H and O–H groups in total. The Kier molecular flexibility index (Phi) is 17.5. The molecule has 1 fully saturated rings. The number of carbonyl (C=O) groups excluding carboxylic acids is 6. The summed E-state index contributed by atoms with van der Waals surface area (Å²) in [5, 5.41) is 4.55. The van der Waals surface area contributed by atoms with Crippen LogP contribution in [0.25, 0.3) is 16.8 Å². The van der Waals surface area contributed by atoms with Crippen molar-refractivity contribution in [1.29, 1.82) is 0 Å². The molecule has 2 aliphatic heterocycles. The Morgan fingerprint density at radius 1 is 0.849 bits per heavy atom. The van der Waals surface area contributed by atoms with Gasteiger partial charge >= 0.3 is 17.9 Å². The summed E-state index contributed by atoms with van der Waals surface area (Å²) >= 11 is 6.65. The fourth-order valence-corrected chi connectivity index (χ4v) is 9.53. The van der Waals surface area contributed by atoms with Crippen LogP contribution in [-0.4, -0.2) is 117 Å². The van der Waals surface area contributed by atoms with Gasteiger partial charge in [-0.05, 0) is 84.9 Å². The van der Waals surface area contributed by atoms with Crippen molar-refractivity contribution in [1.82, 2.24) is 4.90 Å². The molecule has 0 radical (unpaired) electrons. The zero-order chi connectivity index (χ0) is 52.8. The van der Waals surface area contributed by atoms with Crippen LogP contribution in [0.2, 0.25) is 0 Å². The zero-order valence-electron chi connectivity index (χ0n) is 42.7. The molecule has 17 nitrogen and oxygen atoms in total. The van der Waals surface area contributed by atoms with Crippen molar-refractivity contribution >= 4 is 75.3 Å². The molecule has 4 aromatic carbocycles. The number of fused-ring (bicyclic) bond motifs is 4. The monoisotopic (exact) mass is 1020 g/mol. The predicted octanol–water partition coefficient (Wildman–Crippen LogP) is 7.10. The lowest BCUT2D eigenvalue weighted by Gasteiger charge is -2.43. The summed E-state index contributed by atoms with van der Waals surface area (Å²) in [7, 11) is 3.98. The van der Waals surface area contributed by atoms with E-state index in [4.69, 9.17) is 50.5 Å². The zero-order valence-corrected chi connectivity index (χ0v) is 43.5. The van der Waals surface area contributed by atoms with Crippen molar-refractivity contribution in [2.24, 2.45) is 17.6 Å². The predicted molar refractivity (Wildman–Crippen MR) is 275 cm³/mol. The van der Waals surface area contributed by atoms with Crippen LogP contribution in [0, 0.1) is 11.8 Å². The Hall–Kier alpha value is -6.53. The van der Waals surface area contributed by atoms with E-state index in [2.05, 4.69) is 5.32 Å². The van der Waals surface area contributed by atoms with E-state index in [-0.39, 0.29) is 53.9 Å². The number of nitrogens with zero attached hydrogens (tertiary/aromatic N) is 2. The SMILES string of the molecule is CC(=O)O[C@@H]1[C@@H](OC(C)=O)[C@H](Oc2cc(COc3cc4c(c5ccccc35)[C@H](CCl)CN4C(=O)C3=Cc4cc(OCCN(C)C)ccc4C3)ccc2NC(=O)[C@H](C)CC(=O)[C@@H](N)C(C)C)O[C@H](C)[C@H]1OC(C)=O. The van der Waals surface area contributed by atoms with Gasteiger partial charge in [0.1, 0.15) is 30.5 Å². The largest absolute Gasteiger partial charge is 0.492 e. The summed E-state index contributed by atoms with van der Waals surface area (Å²) in [5.41, 5.74) is 11.1. The third-order valence-corrected chi connectivity index (χ3v) is 13.5. The number of amides is 2. The summed E-state index contributed by atoms with van der Waals surface area (Å²) in [4.78, 5) is 82.4. The first kappa shape index (κ1) is 54.2. The summed E-state index contributed by atoms with van der Waals surface area (Å²) in [6, 6.07) is 19.7. The molecular formula is C55H65ClN4O13. The summed E-state index contributed by atoms with van der Waals surface area (Å²) < 4.78 is 42.1. The highest BCUT2D eigenvalue weighted by Crippen LogP contribution is 2.47. The van der Waals surface area contributed by atoms with E-state index in [1.807, 2.05) is 87.4 Å². The maximum absolute atomic E-state index is 14.6. The number of halogens is 1. The maximum atomic E-state index is 14.6. The number of ketones is 1. The molecule has 0 spiro atoms. The molecule has 0 unspecified atom stereocenters. The lowest BCUT2D eigenvalue weighted by molar-refractivity contribution is -0.280. The topological polar surface area (TPSA) is 212 Å². The molecule has 0 bridgehead atoms. The number of hydrogen-bond donors (Lipinski definition) is 2. The van der Waals surface area contributed by atoms with E-state index >= 15 is 0 Å². The molecule has 3 aliphatic rings. The van der Waals surface area contributed by atoms with Crippen LogP contribution in [0.1, 0.15) is 83.1 Å². The van der Waals surface area contributed by atoms with Crippen LogP contribution in [0.15, 0.2) is 72.3 Å². The first-order valence-corrected chi connectivity index (χ1v) is 25.0. The number of hydrogen-bond acceptors (Lipinski definition) is 15. The molecule has 390 valence electrons. The van der Waals surface area contributed by atoms with E-state index in [1.165, 1.54) is 6.92 Å². The third kappa shape index (κ3) is 12.8. The number of rotatable bonds is 20. The Morgan fingerprint density at radius 3 is 2.21 bits per heavy atom. The van der Waals surface area contributed by atoms with E-state index in [1.54, 1.807) is 36.9 Å². The molecule has 4 aromatic rings. The number of esters is 3. The van der Waals surface area contributed by atoms with Gasteiger partial charge in [-0.15, -0.1) is 11.6 Å². The van der Waals surface area contributed by atoms with Crippen molar-refractivity contribution in [3.8, 4) is 17.2 Å². The molecule has 18 heteroatoms. The molecule has 1 aliphatic carbocycles. The smallest absolute Gasteiger partial charge is 0.303 e. The molecule has 2 heterocycles.